The number of carbonyl (C=O) groups excluding carboxylic acids is 1. The van der Waals surface area contributed by atoms with E-state index < -0.39 is 0 Å². The van der Waals surface area contributed by atoms with Gasteiger partial charge in [-0.25, -0.2) is 0 Å². The molecule has 0 saturated carbocycles. The molecule has 0 spiro atoms. The van der Waals surface area contributed by atoms with Gasteiger partial charge in [-0.2, -0.15) is 0 Å². The van der Waals surface area contributed by atoms with E-state index in [1.807, 2.05) is 0 Å². The first-order valence-corrected chi connectivity index (χ1v) is 4.60. The van der Waals surface area contributed by atoms with Crippen LogP contribution in [0.4, 0.5) is 0 Å². The fraction of sp³-hybridized carbons (Fsp3) is 0.700. The number of allylic oxidation sites excluding steroid dienone is 2. The quantitative estimate of drug-likeness (QED) is 0.516. The first-order valence-electron chi connectivity index (χ1n) is 4.60. The third-order valence-electron chi connectivity index (χ3n) is 3.08. The Kier molecular flexibility index (Phi) is 1.71. The van der Waals surface area contributed by atoms with Crippen molar-refractivity contribution in [1.82, 2.24) is 0 Å². The fourth-order valence-corrected chi connectivity index (χ4v) is 2.09. The minimum Gasteiger partial charge on any atom is -0.431 e. The third-order valence-corrected chi connectivity index (χ3v) is 3.08. The molecule has 0 bridgehead atoms. The molecule has 0 amide bonds. The molecule has 1 heterocycles. The van der Waals surface area contributed by atoms with Gasteiger partial charge in [0.25, 0.3) is 0 Å². The average molecular weight is 166 g/mol. The van der Waals surface area contributed by atoms with Crippen molar-refractivity contribution >= 4 is 5.97 Å². The van der Waals surface area contributed by atoms with Gasteiger partial charge in [0.05, 0.1) is 6.42 Å². The van der Waals surface area contributed by atoms with Crippen LogP contribution in [0.25, 0.3) is 0 Å². The minimum atomic E-state index is -0.0385. The van der Waals surface area contributed by atoms with E-state index in [0.717, 1.165) is 12.2 Å². The van der Waals surface area contributed by atoms with Gasteiger partial charge in [-0.3, -0.25) is 4.79 Å². The number of esters is 1. The molecule has 2 heteroatoms. The highest BCUT2D eigenvalue weighted by atomic mass is 16.5. The molecule has 1 aliphatic carbocycles. The van der Waals surface area contributed by atoms with Crippen LogP contribution >= 0.6 is 0 Å². The van der Waals surface area contributed by atoms with Crippen molar-refractivity contribution < 1.29 is 9.53 Å². The van der Waals surface area contributed by atoms with E-state index in [4.69, 9.17) is 4.74 Å². The Labute approximate surface area is 72.6 Å². The zero-order valence-electron chi connectivity index (χ0n) is 7.59. The molecular weight excluding hydrogens is 152 g/mol. The molecule has 0 N–H and O–H groups in total. The molecule has 1 saturated heterocycles. The number of ether oxygens (including phenoxy) is 1. The summed E-state index contributed by atoms with van der Waals surface area (Å²) >= 11 is 0. The van der Waals surface area contributed by atoms with Gasteiger partial charge >= 0.3 is 5.97 Å². The maximum Gasteiger partial charge on any atom is 0.311 e. The van der Waals surface area contributed by atoms with Gasteiger partial charge in [0.15, 0.2) is 0 Å². The Hall–Kier alpha value is -0.790. The van der Waals surface area contributed by atoms with Crippen molar-refractivity contribution in [2.45, 2.75) is 33.1 Å². The molecule has 0 aromatic rings. The van der Waals surface area contributed by atoms with Crippen LogP contribution in [0.2, 0.25) is 0 Å². The van der Waals surface area contributed by atoms with Gasteiger partial charge in [0.1, 0.15) is 5.76 Å². The summed E-state index contributed by atoms with van der Waals surface area (Å²) < 4.78 is 5.19. The molecule has 0 aromatic heterocycles. The van der Waals surface area contributed by atoms with E-state index >= 15 is 0 Å². The Morgan fingerprint density at radius 1 is 1.42 bits per heavy atom. The van der Waals surface area contributed by atoms with Crippen LogP contribution in [0.1, 0.15) is 33.1 Å². The van der Waals surface area contributed by atoms with Crippen molar-refractivity contribution in [2.24, 2.45) is 11.8 Å². The van der Waals surface area contributed by atoms with E-state index in [0.29, 0.717) is 18.3 Å². The summed E-state index contributed by atoms with van der Waals surface area (Å²) in [5, 5.41) is 0. The lowest BCUT2D eigenvalue weighted by Crippen LogP contribution is -2.13. The predicted molar refractivity (Wildman–Crippen MR) is 45.3 cm³/mol. The van der Waals surface area contributed by atoms with E-state index in [-0.39, 0.29) is 5.97 Å². The maximum atomic E-state index is 11.0. The molecule has 0 radical (unpaired) electrons. The molecule has 1 fully saturated rings. The van der Waals surface area contributed by atoms with E-state index in [1.165, 1.54) is 12.0 Å². The number of fused-ring (bicyclic) bond motifs is 1. The fourth-order valence-electron chi connectivity index (χ4n) is 2.09. The predicted octanol–water partition coefficient (Wildman–Crippen LogP) is 2.25. The summed E-state index contributed by atoms with van der Waals surface area (Å²) in [6.45, 7) is 4.29. The van der Waals surface area contributed by atoms with Crippen LogP contribution < -0.4 is 0 Å². The topological polar surface area (TPSA) is 26.3 Å². The average Bonchev–Trinajstić information content (AvgIpc) is 2.39. The van der Waals surface area contributed by atoms with Crippen molar-refractivity contribution in [1.29, 1.82) is 0 Å². The molecule has 2 rings (SSSR count). The highest BCUT2D eigenvalue weighted by molar-refractivity contribution is 5.74. The highest BCUT2D eigenvalue weighted by Gasteiger charge is 2.35. The van der Waals surface area contributed by atoms with E-state index in [1.54, 1.807) is 0 Å². The molecule has 1 aliphatic heterocycles. The van der Waals surface area contributed by atoms with Crippen LogP contribution in [-0.2, 0) is 9.53 Å². The van der Waals surface area contributed by atoms with Gasteiger partial charge in [-0.15, -0.1) is 0 Å². The maximum absolute atomic E-state index is 11.0. The molecule has 2 unspecified atom stereocenters. The van der Waals surface area contributed by atoms with Crippen LogP contribution in [0, 0.1) is 11.8 Å². The largest absolute Gasteiger partial charge is 0.431 e. The summed E-state index contributed by atoms with van der Waals surface area (Å²) in [4.78, 5) is 11.0. The molecule has 12 heavy (non-hydrogen) atoms. The first-order chi connectivity index (χ1) is 5.68. The molecular formula is C10H14O2. The number of hydrogen-bond donors (Lipinski definition) is 0. The summed E-state index contributed by atoms with van der Waals surface area (Å²) in [5.41, 5.74) is 1.29. The Morgan fingerprint density at radius 2 is 2.17 bits per heavy atom. The molecule has 2 aliphatic rings. The van der Waals surface area contributed by atoms with Crippen molar-refractivity contribution in [3.8, 4) is 0 Å². The van der Waals surface area contributed by atoms with Gasteiger partial charge < -0.3 is 4.74 Å². The lowest BCUT2D eigenvalue weighted by atomic mass is 9.82. The lowest BCUT2D eigenvalue weighted by molar-refractivity contribution is -0.135. The zero-order chi connectivity index (χ0) is 8.72. The summed E-state index contributed by atoms with van der Waals surface area (Å²) in [5.74, 6) is 1.96. The molecule has 2 nitrogen and oxygen atoms in total. The Morgan fingerprint density at radius 3 is 2.92 bits per heavy atom. The number of rotatable bonds is 0. The third kappa shape index (κ3) is 1.06. The lowest BCUT2D eigenvalue weighted by Gasteiger charge is -2.23. The SMILES string of the molecule is CC1=C2OC(=O)CC2CCC1C. The standard InChI is InChI=1S/C10H14O2/c1-6-3-4-8-5-9(11)12-10(8)7(6)2/h6,8H,3-5H2,1-2H3. The van der Waals surface area contributed by atoms with E-state index in [9.17, 15) is 4.79 Å². The minimum absolute atomic E-state index is 0.0385. The van der Waals surface area contributed by atoms with Crippen LogP contribution in [0.5, 0.6) is 0 Å². The van der Waals surface area contributed by atoms with Crippen LogP contribution in [0.15, 0.2) is 11.3 Å². The normalized spacial score (nSPS) is 35.0. The van der Waals surface area contributed by atoms with E-state index in [2.05, 4.69) is 13.8 Å². The second-order valence-electron chi connectivity index (χ2n) is 3.90. The highest BCUT2D eigenvalue weighted by Crippen LogP contribution is 2.40. The van der Waals surface area contributed by atoms with Gasteiger partial charge in [-0.1, -0.05) is 6.92 Å². The molecule has 2 atom stereocenters. The van der Waals surface area contributed by atoms with Crippen molar-refractivity contribution in [2.75, 3.05) is 0 Å². The molecule has 0 aromatic carbocycles. The Bertz CT molecular complexity index is 253. The van der Waals surface area contributed by atoms with Gasteiger partial charge in [0.2, 0.25) is 0 Å². The van der Waals surface area contributed by atoms with Crippen LogP contribution in [0.3, 0.4) is 0 Å². The number of hydrogen-bond acceptors (Lipinski definition) is 2. The zero-order valence-corrected chi connectivity index (χ0v) is 7.59. The summed E-state index contributed by atoms with van der Waals surface area (Å²) in [6.07, 6.45) is 2.94. The monoisotopic (exact) mass is 166 g/mol. The molecule has 66 valence electrons. The van der Waals surface area contributed by atoms with Crippen molar-refractivity contribution in [3.63, 3.8) is 0 Å². The van der Waals surface area contributed by atoms with Gasteiger partial charge in [0, 0.05) is 5.92 Å². The van der Waals surface area contributed by atoms with Gasteiger partial charge in [-0.05, 0) is 31.3 Å². The second-order valence-corrected chi connectivity index (χ2v) is 3.90. The second kappa shape index (κ2) is 2.61. The van der Waals surface area contributed by atoms with Crippen molar-refractivity contribution in [3.05, 3.63) is 11.3 Å². The Balaban J connectivity index is 2.32. The summed E-state index contributed by atoms with van der Waals surface area (Å²) in [7, 11) is 0. The number of carbonyl (C=O) groups is 1. The summed E-state index contributed by atoms with van der Waals surface area (Å²) in [6, 6.07) is 0. The first kappa shape index (κ1) is 7.84. The van der Waals surface area contributed by atoms with Crippen LogP contribution in [-0.4, -0.2) is 5.97 Å². The smallest absolute Gasteiger partial charge is 0.311 e.